The lowest BCUT2D eigenvalue weighted by atomic mass is 10.2. The van der Waals surface area contributed by atoms with Crippen LogP contribution >= 0.6 is 0 Å². The molecule has 1 atom stereocenters. The van der Waals surface area contributed by atoms with E-state index in [-0.39, 0.29) is 12.4 Å². The number of hydrogen-bond acceptors (Lipinski definition) is 7. The van der Waals surface area contributed by atoms with Crippen molar-refractivity contribution >= 4 is 16.8 Å². The Morgan fingerprint density at radius 1 is 1.38 bits per heavy atom. The van der Waals surface area contributed by atoms with Crippen LogP contribution in [0.3, 0.4) is 0 Å². The van der Waals surface area contributed by atoms with Crippen LogP contribution in [0.1, 0.15) is 11.1 Å². The van der Waals surface area contributed by atoms with Crippen LogP contribution < -0.4 is 21.0 Å². The van der Waals surface area contributed by atoms with Gasteiger partial charge < -0.3 is 10.5 Å². The standard InChI is InChI=1S/C16H19N7O2S/c1-25-15-7-2-12(10-20-15)11-23(19)22-16(18)13-3-5-14(6-4-13)26(24)21-9-8-17/h2-7,10,21H,9,11,19H2,1H3,(H2,18,22). The van der Waals surface area contributed by atoms with Crippen molar-refractivity contribution in [3.63, 3.8) is 0 Å². The predicted octanol–water partition coefficient (Wildman–Crippen LogP) is 0.222. The van der Waals surface area contributed by atoms with Gasteiger partial charge in [0.25, 0.3) is 0 Å². The van der Waals surface area contributed by atoms with Crippen molar-refractivity contribution in [2.75, 3.05) is 13.7 Å². The number of benzene rings is 1. The highest BCUT2D eigenvalue weighted by atomic mass is 32.2. The van der Waals surface area contributed by atoms with Crippen LogP contribution in [-0.2, 0) is 17.5 Å². The maximum absolute atomic E-state index is 11.9. The van der Waals surface area contributed by atoms with Gasteiger partial charge >= 0.3 is 0 Å². The third-order valence-corrected chi connectivity index (χ3v) is 4.34. The molecule has 2 aromatic rings. The molecule has 2 rings (SSSR count). The summed E-state index contributed by atoms with van der Waals surface area (Å²) in [5, 5.41) is 13.8. The third kappa shape index (κ3) is 5.52. The van der Waals surface area contributed by atoms with Crippen LogP contribution in [0.15, 0.2) is 52.6 Å². The highest BCUT2D eigenvalue weighted by Crippen LogP contribution is 2.10. The quantitative estimate of drug-likeness (QED) is 0.197. The zero-order valence-electron chi connectivity index (χ0n) is 14.1. The SMILES string of the molecule is COc1ccc(CN(N)/N=C(\N)c2ccc(S(=O)NCC#N)cc2)cn1. The van der Waals surface area contributed by atoms with Crippen LogP contribution in [0.25, 0.3) is 0 Å². The second kappa shape index (κ2) is 9.47. The van der Waals surface area contributed by atoms with Gasteiger partial charge in [-0.25, -0.2) is 24.9 Å². The van der Waals surface area contributed by atoms with Crippen molar-refractivity contribution in [2.45, 2.75) is 11.4 Å². The number of nitrogens with zero attached hydrogens (tertiary/aromatic N) is 4. The van der Waals surface area contributed by atoms with Gasteiger partial charge in [-0.3, -0.25) is 0 Å². The lowest BCUT2D eigenvalue weighted by Gasteiger charge is -2.14. The van der Waals surface area contributed by atoms with Crippen molar-refractivity contribution in [1.29, 1.82) is 5.26 Å². The molecule has 1 unspecified atom stereocenters. The molecule has 0 bridgehead atoms. The number of nitrogens with two attached hydrogens (primary N) is 2. The Hall–Kier alpha value is -3.00. The molecule has 9 nitrogen and oxygen atoms in total. The zero-order valence-corrected chi connectivity index (χ0v) is 14.9. The lowest BCUT2D eigenvalue weighted by Crippen LogP contribution is -2.29. The van der Waals surface area contributed by atoms with Crippen molar-refractivity contribution in [3.8, 4) is 11.9 Å². The molecule has 0 aliphatic carbocycles. The summed E-state index contributed by atoms with van der Waals surface area (Å²) in [7, 11) is 0.0939. The Kier molecular flexibility index (Phi) is 7.04. The first kappa shape index (κ1) is 19.3. The molecule has 0 aliphatic rings. The molecule has 1 heterocycles. The van der Waals surface area contributed by atoms with Crippen molar-refractivity contribution in [3.05, 3.63) is 53.7 Å². The van der Waals surface area contributed by atoms with E-state index >= 15 is 0 Å². The monoisotopic (exact) mass is 373 g/mol. The molecule has 0 aliphatic heterocycles. The normalized spacial score (nSPS) is 12.3. The Morgan fingerprint density at radius 2 is 2.12 bits per heavy atom. The molecule has 0 saturated carbocycles. The van der Waals surface area contributed by atoms with E-state index < -0.39 is 11.0 Å². The molecule has 0 radical (unpaired) electrons. The Balaban J connectivity index is 2.01. The summed E-state index contributed by atoms with van der Waals surface area (Å²) in [6.07, 6.45) is 1.64. The summed E-state index contributed by atoms with van der Waals surface area (Å²) in [5.74, 6) is 6.60. The molecule has 0 fully saturated rings. The fourth-order valence-corrected chi connectivity index (χ4v) is 2.72. The fraction of sp³-hybridized carbons (Fsp3) is 0.188. The number of hydrogen-bond donors (Lipinski definition) is 3. The molecule has 1 aromatic heterocycles. The van der Waals surface area contributed by atoms with Gasteiger partial charge in [-0.1, -0.05) is 6.07 Å². The lowest BCUT2D eigenvalue weighted by molar-refractivity contribution is 0.289. The number of nitriles is 1. The second-order valence-corrected chi connectivity index (χ2v) is 6.36. The van der Waals surface area contributed by atoms with E-state index in [0.717, 1.165) is 5.56 Å². The van der Waals surface area contributed by atoms with E-state index in [0.29, 0.717) is 22.9 Å². The highest BCUT2D eigenvalue weighted by Gasteiger charge is 2.06. The molecule has 1 aromatic carbocycles. The van der Waals surface area contributed by atoms with Crippen molar-refractivity contribution in [2.24, 2.45) is 16.7 Å². The van der Waals surface area contributed by atoms with Gasteiger partial charge in [-0.05, 0) is 29.8 Å². The molecular formula is C16H19N7O2S. The summed E-state index contributed by atoms with van der Waals surface area (Å²) < 4.78 is 19.4. The van der Waals surface area contributed by atoms with Gasteiger partial charge in [0.1, 0.15) is 11.0 Å². The van der Waals surface area contributed by atoms with E-state index in [2.05, 4.69) is 14.8 Å². The van der Waals surface area contributed by atoms with Crippen molar-refractivity contribution in [1.82, 2.24) is 14.8 Å². The Labute approximate surface area is 153 Å². The average Bonchev–Trinajstić information content (AvgIpc) is 2.66. The molecule has 0 saturated heterocycles. The number of hydrazone groups is 1. The summed E-state index contributed by atoms with van der Waals surface area (Å²) in [6.45, 7) is 0.318. The molecule has 0 amide bonds. The number of amidine groups is 1. The summed E-state index contributed by atoms with van der Waals surface area (Å²) >= 11 is 0. The molecule has 136 valence electrons. The molecular weight excluding hydrogens is 354 g/mol. The fourth-order valence-electron chi connectivity index (χ4n) is 1.97. The van der Waals surface area contributed by atoms with Crippen LogP contribution in [0.5, 0.6) is 5.88 Å². The van der Waals surface area contributed by atoms with Crippen LogP contribution in [-0.4, -0.2) is 33.8 Å². The predicted molar refractivity (Wildman–Crippen MR) is 97.7 cm³/mol. The van der Waals surface area contributed by atoms with E-state index in [9.17, 15) is 4.21 Å². The zero-order chi connectivity index (χ0) is 18.9. The number of hydrazine groups is 1. The Bertz CT molecular complexity index is 816. The maximum Gasteiger partial charge on any atom is 0.212 e. The number of pyridine rings is 1. The largest absolute Gasteiger partial charge is 0.481 e. The van der Waals surface area contributed by atoms with Gasteiger partial charge in [0.2, 0.25) is 5.88 Å². The number of methoxy groups -OCH3 is 1. The number of ether oxygens (including phenoxy) is 1. The van der Waals surface area contributed by atoms with Crippen LogP contribution in [0, 0.1) is 11.3 Å². The number of nitrogens with one attached hydrogen (secondary N) is 1. The topological polar surface area (TPSA) is 143 Å². The van der Waals surface area contributed by atoms with Crippen molar-refractivity contribution < 1.29 is 8.95 Å². The summed E-state index contributed by atoms with van der Waals surface area (Å²) in [4.78, 5) is 4.63. The van der Waals surface area contributed by atoms with E-state index in [4.69, 9.17) is 21.6 Å². The van der Waals surface area contributed by atoms with Gasteiger partial charge in [-0.15, -0.1) is 5.10 Å². The van der Waals surface area contributed by atoms with Gasteiger partial charge in [0.05, 0.1) is 31.2 Å². The maximum atomic E-state index is 11.9. The van der Waals surface area contributed by atoms with Crippen LogP contribution in [0.2, 0.25) is 0 Å². The minimum Gasteiger partial charge on any atom is -0.481 e. The average molecular weight is 373 g/mol. The second-order valence-electron chi connectivity index (χ2n) is 5.06. The first-order valence-corrected chi connectivity index (χ1v) is 8.66. The molecule has 26 heavy (non-hydrogen) atoms. The minimum atomic E-state index is -1.45. The Morgan fingerprint density at radius 3 is 2.69 bits per heavy atom. The summed E-state index contributed by atoms with van der Waals surface area (Å²) in [6, 6.07) is 12.1. The smallest absolute Gasteiger partial charge is 0.212 e. The number of aromatic nitrogens is 1. The minimum absolute atomic E-state index is 0.000308. The third-order valence-electron chi connectivity index (χ3n) is 3.23. The molecule has 5 N–H and O–H groups in total. The number of rotatable bonds is 8. The molecule has 0 spiro atoms. The van der Waals surface area contributed by atoms with Gasteiger partial charge in [0.15, 0.2) is 5.84 Å². The van der Waals surface area contributed by atoms with Crippen LogP contribution in [0.4, 0.5) is 0 Å². The van der Waals surface area contributed by atoms with Gasteiger partial charge in [0, 0.05) is 17.8 Å². The first-order valence-electron chi connectivity index (χ1n) is 7.51. The van der Waals surface area contributed by atoms with Gasteiger partial charge in [-0.2, -0.15) is 5.26 Å². The summed E-state index contributed by atoms with van der Waals surface area (Å²) in [5.41, 5.74) is 7.44. The van der Waals surface area contributed by atoms with E-state index in [1.807, 2.05) is 12.1 Å². The van der Waals surface area contributed by atoms with E-state index in [1.165, 1.54) is 5.12 Å². The molecule has 10 heteroatoms. The van der Waals surface area contributed by atoms with E-state index in [1.54, 1.807) is 43.6 Å². The highest BCUT2D eigenvalue weighted by molar-refractivity contribution is 7.83. The first-order chi connectivity index (χ1) is 12.5.